The van der Waals surface area contributed by atoms with Gasteiger partial charge in [0.25, 0.3) is 0 Å². The Bertz CT molecular complexity index is 1090. The minimum Gasteiger partial charge on any atom is -0.478 e. The third kappa shape index (κ3) is 3.04. The molecule has 6 nitrogen and oxygen atoms in total. The maximum Gasteiger partial charge on any atom is 0.338 e. The van der Waals surface area contributed by atoms with Crippen LogP contribution in [0.3, 0.4) is 0 Å². The van der Waals surface area contributed by atoms with Crippen molar-refractivity contribution in [3.63, 3.8) is 0 Å². The lowest BCUT2D eigenvalue weighted by atomic mass is 10.1. The number of benzene rings is 2. The first-order valence-electron chi connectivity index (χ1n) is 7.81. The smallest absolute Gasteiger partial charge is 0.338 e. The van der Waals surface area contributed by atoms with Gasteiger partial charge in [0.05, 0.1) is 5.56 Å². The third-order valence-corrected chi connectivity index (χ3v) is 4.41. The van der Waals surface area contributed by atoms with E-state index in [-0.39, 0.29) is 5.56 Å². The lowest BCUT2D eigenvalue weighted by Gasteiger charge is -2.09. The Morgan fingerprint density at radius 2 is 1.81 bits per heavy atom. The number of fused-ring (bicyclic) bond motifs is 1. The molecule has 128 valence electrons. The van der Waals surface area contributed by atoms with E-state index in [4.69, 9.17) is 0 Å². The van der Waals surface area contributed by atoms with Crippen LogP contribution in [0.5, 0.6) is 0 Å². The van der Waals surface area contributed by atoms with Crippen LogP contribution in [-0.4, -0.2) is 25.4 Å². The number of rotatable bonds is 4. The Kier molecular flexibility index (Phi) is 4.14. The maximum absolute atomic E-state index is 11.3. The number of imidazole rings is 1. The van der Waals surface area contributed by atoms with Crippen LogP contribution in [0.4, 0.5) is 11.5 Å². The van der Waals surface area contributed by atoms with Crippen LogP contribution in [0.2, 0.25) is 0 Å². The summed E-state index contributed by atoms with van der Waals surface area (Å²) < 4.78 is 2.63. The molecule has 0 aliphatic heterocycles. The van der Waals surface area contributed by atoms with Crippen LogP contribution >= 0.6 is 15.9 Å². The van der Waals surface area contributed by atoms with Gasteiger partial charge in [0.2, 0.25) is 5.78 Å². The summed E-state index contributed by atoms with van der Waals surface area (Å²) in [5.41, 5.74) is 2.55. The average Bonchev–Trinajstić information content (AvgIpc) is 3.01. The highest BCUT2D eigenvalue weighted by Gasteiger charge is 2.17. The first-order valence-corrected chi connectivity index (χ1v) is 8.60. The van der Waals surface area contributed by atoms with E-state index >= 15 is 0 Å². The van der Waals surface area contributed by atoms with Crippen LogP contribution in [0.25, 0.3) is 17.0 Å². The first-order chi connectivity index (χ1) is 12.6. The predicted molar refractivity (Wildman–Crippen MR) is 103 cm³/mol. The minimum atomic E-state index is -1.04. The number of hydrogen-bond acceptors (Lipinski definition) is 4. The molecular formula is C19H13BrN4O2. The molecular weight excluding hydrogens is 396 g/mol. The summed E-state index contributed by atoms with van der Waals surface area (Å²) in [4.78, 5) is 20.1. The van der Waals surface area contributed by atoms with E-state index in [9.17, 15) is 9.90 Å². The number of aromatic nitrogens is 3. The van der Waals surface area contributed by atoms with Crippen molar-refractivity contribution in [3.8, 4) is 11.3 Å². The van der Waals surface area contributed by atoms with Crippen molar-refractivity contribution in [2.75, 3.05) is 5.32 Å². The van der Waals surface area contributed by atoms with E-state index in [0.717, 1.165) is 15.7 Å². The zero-order valence-corrected chi connectivity index (χ0v) is 15.0. The van der Waals surface area contributed by atoms with E-state index in [1.54, 1.807) is 4.40 Å². The molecule has 2 heterocycles. The van der Waals surface area contributed by atoms with Crippen LogP contribution in [0.15, 0.2) is 71.5 Å². The number of carbonyl (C=O) groups is 1. The van der Waals surface area contributed by atoms with Crippen molar-refractivity contribution in [3.05, 3.63) is 77.0 Å². The third-order valence-electron chi connectivity index (χ3n) is 3.88. The summed E-state index contributed by atoms with van der Waals surface area (Å²) >= 11 is 3.43. The second-order valence-corrected chi connectivity index (χ2v) is 6.54. The highest BCUT2D eigenvalue weighted by atomic mass is 79.9. The number of nitrogens with zero attached hydrogens (tertiary/aromatic N) is 3. The van der Waals surface area contributed by atoms with E-state index in [0.29, 0.717) is 17.3 Å². The number of para-hydroxylation sites is 1. The van der Waals surface area contributed by atoms with Gasteiger partial charge in [0.1, 0.15) is 11.5 Å². The molecule has 0 aliphatic rings. The lowest BCUT2D eigenvalue weighted by Crippen LogP contribution is -2.03. The quantitative estimate of drug-likeness (QED) is 0.515. The van der Waals surface area contributed by atoms with Gasteiger partial charge in [-0.3, -0.25) is 4.40 Å². The number of aromatic carboxylic acids is 1. The molecule has 2 N–H and O–H groups in total. The SMILES string of the molecule is O=C(O)c1cnc2nc(-c3ccc(Br)cc3)c(Nc3ccccc3)n2c1. The van der Waals surface area contributed by atoms with Gasteiger partial charge in [0, 0.05) is 28.1 Å². The summed E-state index contributed by atoms with van der Waals surface area (Å²) in [6.45, 7) is 0. The lowest BCUT2D eigenvalue weighted by molar-refractivity contribution is 0.0696. The standard InChI is InChI=1S/C19H13BrN4O2/c20-14-8-6-12(7-9-14)16-17(22-15-4-2-1-3-5-15)24-11-13(18(25)26)10-21-19(24)23-16/h1-11,22H,(H,25,26). The van der Waals surface area contributed by atoms with Gasteiger partial charge < -0.3 is 10.4 Å². The fourth-order valence-corrected chi connectivity index (χ4v) is 2.90. The van der Waals surface area contributed by atoms with E-state index in [1.165, 1.54) is 12.4 Å². The second kappa shape index (κ2) is 6.61. The molecule has 4 aromatic rings. The summed E-state index contributed by atoms with van der Waals surface area (Å²) in [5, 5.41) is 12.6. The fourth-order valence-electron chi connectivity index (χ4n) is 2.63. The number of carboxylic acids is 1. The van der Waals surface area contributed by atoms with Gasteiger partial charge in [-0.1, -0.05) is 46.3 Å². The molecule has 7 heteroatoms. The van der Waals surface area contributed by atoms with Gasteiger partial charge >= 0.3 is 5.97 Å². The van der Waals surface area contributed by atoms with Crippen LogP contribution in [0.1, 0.15) is 10.4 Å². The molecule has 0 unspecified atom stereocenters. The van der Waals surface area contributed by atoms with Crippen molar-refractivity contribution >= 4 is 39.2 Å². The van der Waals surface area contributed by atoms with Crippen LogP contribution in [-0.2, 0) is 0 Å². The summed E-state index contributed by atoms with van der Waals surface area (Å²) in [5.74, 6) is 0.0411. The summed E-state index contributed by atoms with van der Waals surface area (Å²) in [6.07, 6.45) is 2.83. The van der Waals surface area contributed by atoms with E-state index in [2.05, 4.69) is 31.2 Å². The second-order valence-electron chi connectivity index (χ2n) is 5.62. The van der Waals surface area contributed by atoms with Crippen molar-refractivity contribution in [2.45, 2.75) is 0 Å². The molecule has 0 radical (unpaired) electrons. The molecule has 2 aromatic heterocycles. The van der Waals surface area contributed by atoms with Crippen molar-refractivity contribution in [2.24, 2.45) is 0 Å². The molecule has 4 rings (SSSR count). The monoisotopic (exact) mass is 408 g/mol. The largest absolute Gasteiger partial charge is 0.478 e. The van der Waals surface area contributed by atoms with Crippen molar-refractivity contribution < 1.29 is 9.90 Å². The van der Waals surface area contributed by atoms with Gasteiger partial charge in [-0.2, -0.15) is 0 Å². The zero-order valence-electron chi connectivity index (χ0n) is 13.4. The normalized spacial score (nSPS) is 10.8. The molecule has 2 aromatic carbocycles. The van der Waals surface area contributed by atoms with Gasteiger partial charge in [-0.25, -0.2) is 14.8 Å². The number of halogens is 1. The number of nitrogens with one attached hydrogen (secondary N) is 1. The highest BCUT2D eigenvalue weighted by Crippen LogP contribution is 2.31. The Morgan fingerprint density at radius 3 is 2.50 bits per heavy atom. The number of hydrogen-bond donors (Lipinski definition) is 2. The van der Waals surface area contributed by atoms with Crippen molar-refractivity contribution in [1.82, 2.24) is 14.4 Å². The van der Waals surface area contributed by atoms with Gasteiger partial charge in [-0.05, 0) is 24.3 Å². The van der Waals surface area contributed by atoms with Gasteiger partial charge in [0.15, 0.2) is 0 Å². The molecule has 0 saturated carbocycles. The van der Waals surface area contributed by atoms with Gasteiger partial charge in [-0.15, -0.1) is 0 Å². The highest BCUT2D eigenvalue weighted by molar-refractivity contribution is 9.10. The topological polar surface area (TPSA) is 79.5 Å². The molecule has 0 spiro atoms. The molecule has 0 aliphatic carbocycles. The fraction of sp³-hybridized carbons (Fsp3) is 0. The van der Waals surface area contributed by atoms with Crippen LogP contribution in [0, 0.1) is 0 Å². The van der Waals surface area contributed by atoms with E-state index < -0.39 is 5.97 Å². The number of anilines is 2. The molecule has 0 amide bonds. The summed E-state index contributed by atoms with van der Waals surface area (Å²) in [6, 6.07) is 17.4. The summed E-state index contributed by atoms with van der Waals surface area (Å²) in [7, 11) is 0. The number of carboxylic acid groups (broad SMARTS) is 1. The molecule has 0 atom stereocenters. The predicted octanol–water partition coefficient (Wildman–Crippen LogP) is 4.60. The molecule has 0 saturated heterocycles. The first kappa shape index (κ1) is 16.3. The molecule has 26 heavy (non-hydrogen) atoms. The van der Waals surface area contributed by atoms with E-state index in [1.807, 2.05) is 54.6 Å². The van der Waals surface area contributed by atoms with Crippen LogP contribution < -0.4 is 5.32 Å². The average molecular weight is 409 g/mol. The maximum atomic E-state index is 11.3. The Labute approximate surface area is 157 Å². The molecule has 0 fully saturated rings. The molecule has 0 bridgehead atoms. The Balaban J connectivity index is 1.93. The van der Waals surface area contributed by atoms with Crippen molar-refractivity contribution in [1.29, 1.82) is 0 Å². The Hall–Kier alpha value is -3.19. The Morgan fingerprint density at radius 1 is 1.08 bits per heavy atom. The minimum absolute atomic E-state index is 0.0911. The zero-order chi connectivity index (χ0) is 18.1.